The fourth-order valence-electron chi connectivity index (χ4n) is 2.26. The van der Waals surface area contributed by atoms with Crippen molar-refractivity contribution in [1.29, 1.82) is 5.41 Å². The molecule has 0 aromatic heterocycles. The lowest BCUT2D eigenvalue weighted by Crippen LogP contribution is -2.13. The van der Waals surface area contributed by atoms with Gasteiger partial charge in [-0.3, -0.25) is 10.8 Å². The van der Waals surface area contributed by atoms with Gasteiger partial charge < -0.3 is 5.11 Å². The molecule has 136 valence electrons. The predicted molar refractivity (Wildman–Crippen MR) is 110 cm³/mol. The molecule has 25 heavy (non-hydrogen) atoms. The quantitative estimate of drug-likeness (QED) is 0.367. The van der Waals surface area contributed by atoms with E-state index in [2.05, 4.69) is 10.5 Å². The summed E-state index contributed by atoms with van der Waals surface area (Å²) in [4.78, 5) is 0. The third-order valence-electron chi connectivity index (χ3n) is 3.52. The van der Waals surface area contributed by atoms with Crippen molar-refractivity contribution in [3.8, 4) is 5.75 Å². The lowest BCUT2D eigenvalue weighted by molar-refractivity contribution is 0.448. The molecule has 1 aliphatic rings. The van der Waals surface area contributed by atoms with Crippen molar-refractivity contribution >= 4 is 28.7 Å². The van der Waals surface area contributed by atoms with Crippen LogP contribution in [0.3, 0.4) is 0 Å². The molecule has 0 radical (unpaired) electrons. The lowest BCUT2D eigenvalue weighted by Gasteiger charge is -2.22. The Kier molecular flexibility index (Phi) is 7.43. The molecular weight excluding hydrogens is 334 g/mol. The molecule has 0 amide bonds. The maximum Gasteiger partial charge on any atom is 0.144 e. The average molecular weight is 362 g/mol. The molecule has 3 N–H and O–H groups in total. The fraction of sp³-hybridized carbons (Fsp3) is 0.400. The van der Waals surface area contributed by atoms with Gasteiger partial charge in [-0.15, -0.1) is 11.6 Å². The summed E-state index contributed by atoms with van der Waals surface area (Å²) in [6.07, 6.45) is 6.81. The van der Waals surface area contributed by atoms with E-state index < -0.39 is 0 Å². The highest BCUT2D eigenvalue weighted by atomic mass is 35.5. The number of benzene rings is 1. The molecule has 0 aliphatic heterocycles. The third-order valence-corrected chi connectivity index (χ3v) is 3.81. The molecule has 2 rings (SSSR count). The highest BCUT2D eigenvalue weighted by Gasteiger charge is 2.20. The van der Waals surface area contributed by atoms with Gasteiger partial charge in [0.05, 0.1) is 16.8 Å². The van der Waals surface area contributed by atoms with Crippen LogP contribution in [0.25, 0.3) is 0 Å². The van der Waals surface area contributed by atoms with Gasteiger partial charge in [0.2, 0.25) is 0 Å². The number of anilines is 1. The van der Waals surface area contributed by atoms with Crippen LogP contribution < -0.4 is 5.43 Å². The molecule has 1 aromatic carbocycles. The van der Waals surface area contributed by atoms with Gasteiger partial charge in [-0.25, -0.2) is 0 Å². The van der Waals surface area contributed by atoms with Crippen molar-refractivity contribution in [3.63, 3.8) is 0 Å². The summed E-state index contributed by atoms with van der Waals surface area (Å²) >= 11 is 6.00. The molecule has 0 bridgehead atoms. The van der Waals surface area contributed by atoms with Crippen LogP contribution in [-0.2, 0) is 5.41 Å². The summed E-state index contributed by atoms with van der Waals surface area (Å²) < 4.78 is 0. The number of nitrogens with zero attached hydrogens (tertiary/aromatic N) is 1. The molecule has 1 unspecified atom stereocenters. The molecule has 1 aliphatic carbocycles. The van der Waals surface area contributed by atoms with E-state index in [1.54, 1.807) is 24.3 Å². The van der Waals surface area contributed by atoms with Crippen molar-refractivity contribution < 1.29 is 5.11 Å². The lowest BCUT2D eigenvalue weighted by atomic mass is 9.85. The zero-order valence-corrected chi connectivity index (χ0v) is 16.6. The number of phenolic OH excluding ortho intramolecular Hbond substituents is 1. The van der Waals surface area contributed by atoms with Crippen LogP contribution in [0.4, 0.5) is 5.69 Å². The number of hydrogen-bond acceptors (Lipinski definition) is 4. The summed E-state index contributed by atoms with van der Waals surface area (Å²) in [5.41, 5.74) is 5.84. The Morgan fingerprint density at radius 1 is 1.16 bits per heavy atom. The number of halogens is 1. The van der Waals surface area contributed by atoms with Gasteiger partial charge in [-0.05, 0) is 36.1 Å². The van der Waals surface area contributed by atoms with E-state index in [1.165, 1.54) is 0 Å². The minimum absolute atomic E-state index is 0.177. The molecule has 5 heteroatoms. The van der Waals surface area contributed by atoms with Crippen molar-refractivity contribution in [1.82, 2.24) is 0 Å². The molecule has 0 saturated carbocycles. The second-order valence-electron chi connectivity index (χ2n) is 6.64. The van der Waals surface area contributed by atoms with E-state index in [9.17, 15) is 5.11 Å². The first-order valence-corrected chi connectivity index (χ1v) is 8.89. The maximum atomic E-state index is 10.5. The highest BCUT2D eigenvalue weighted by molar-refractivity contribution is 6.50. The minimum atomic E-state index is -0.247. The average Bonchev–Trinajstić information content (AvgIpc) is 2.71. The van der Waals surface area contributed by atoms with Crippen LogP contribution in [0.2, 0.25) is 0 Å². The fourth-order valence-corrected chi connectivity index (χ4v) is 2.41. The summed E-state index contributed by atoms with van der Waals surface area (Å²) in [6, 6.07) is 3.81. The van der Waals surface area contributed by atoms with Gasteiger partial charge in [0.15, 0.2) is 0 Å². The second-order valence-corrected chi connectivity index (χ2v) is 7.15. The third kappa shape index (κ3) is 5.75. The monoisotopic (exact) mass is 361 g/mol. The Bertz CT molecular complexity index is 712. The molecular formula is C20H28ClN3O. The van der Waals surface area contributed by atoms with Gasteiger partial charge >= 0.3 is 0 Å². The largest absolute Gasteiger partial charge is 0.505 e. The van der Waals surface area contributed by atoms with Crippen LogP contribution in [0.15, 0.2) is 41.5 Å². The topological polar surface area (TPSA) is 68.5 Å². The summed E-state index contributed by atoms with van der Waals surface area (Å²) in [5.74, 6) is 0.183. The Morgan fingerprint density at radius 2 is 1.76 bits per heavy atom. The zero-order valence-electron chi connectivity index (χ0n) is 15.8. The number of allylic oxidation sites excluding steroid dienone is 4. The predicted octanol–water partition coefficient (Wildman–Crippen LogP) is 5.55. The number of aryl methyl sites for hydroxylation is 1. The summed E-state index contributed by atoms with van der Waals surface area (Å²) in [7, 11) is 0. The molecule has 0 fully saturated rings. The molecule has 0 heterocycles. The van der Waals surface area contributed by atoms with Crippen molar-refractivity contribution in [2.45, 2.75) is 52.3 Å². The van der Waals surface area contributed by atoms with Crippen LogP contribution >= 0.6 is 11.6 Å². The van der Waals surface area contributed by atoms with E-state index in [4.69, 9.17) is 17.0 Å². The van der Waals surface area contributed by atoms with Crippen LogP contribution in [0.5, 0.6) is 5.75 Å². The van der Waals surface area contributed by atoms with Crippen molar-refractivity contribution in [2.24, 2.45) is 5.10 Å². The standard InChI is InChI=1S/C18H22ClN3O.C2H6/c1-11-9-13(18(2,3)4)17(23)16(10-11)22-21-15-8-6-12(19)5-7-14(15)20;1-2/h5-10,12,20,22-23H,1-4H3;1-2H3/b20-14?,21-15-;. The molecule has 4 nitrogen and oxygen atoms in total. The Balaban J connectivity index is 0.00000151. The minimum Gasteiger partial charge on any atom is -0.505 e. The van der Waals surface area contributed by atoms with E-state index in [-0.39, 0.29) is 22.3 Å². The van der Waals surface area contributed by atoms with E-state index in [0.29, 0.717) is 11.4 Å². The maximum absolute atomic E-state index is 10.5. The SMILES string of the molecule is CC.Cc1cc(N/N=C2/C=CC(Cl)C=CC2=N)c(O)c(C(C)(C)C)c1. The summed E-state index contributed by atoms with van der Waals surface area (Å²) in [5, 5.41) is 22.4. The molecule has 0 saturated heterocycles. The first kappa shape index (κ1) is 21.0. The smallest absolute Gasteiger partial charge is 0.144 e. The number of hydrogen-bond donors (Lipinski definition) is 3. The van der Waals surface area contributed by atoms with Crippen molar-refractivity contribution in [3.05, 3.63) is 47.6 Å². The second kappa shape index (κ2) is 8.86. The first-order valence-electron chi connectivity index (χ1n) is 8.45. The van der Waals surface area contributed by atoms with E-state index in [1.807, 2.05) is 53.7 Å². The zero-order chi connectivity index (χ0) is 19.2. The number of phenols is 1. The number of alkyl halides is 1. The van der Waals surface area contributed by atoms with Gasteiger partial charge in [0, 0.05) is 5.56 Å². The van der Waals surface area contributed by atoms with Crippen LogP contribution in [0.1, 0.15) is 45.7 Å². The number of aromatic hydroxyl groups is 1. The van der Waals surface area contributed by atoms with Gasteiger partial charge in [-0.2, -0.15) is 5.10 Å². The number of rotatable bonds is 2. The van der Waals surface area contributed by atoms with Crippen LogP contribution in [0, 0.1) is 12.3 Å². The molecule has 0 spiro atoms. The highest BCUT2D eigenvalue weighted by Crippen LogP contribution is 2.37. The van der Waals surface area contributed by atoms with Gasteiger partial charge in [-0.1, -0.05) is 52.8 Å². The Labute approximate surface area is 155 Å². The number of hydrazone groups is 1. The van der Waals surface area contributed by atoms with Crippen LogP contribution in [-0.4, -0.2) is 21.9 Å². The molecule has 1 atom stereocenters. The Hall–Kier alpha value is -2.07. The van der Waals surface area contributed by atoms with Gasteiger partial charge in [0.25, 0.3) is 0 Å². The first-order chi connectivity index (χ1) is 11.7. The normalized spacial score (nSPS) is 18.6. The number of nitrogens with one attached hydrogen (secondary N) is 2. The van der Waals surface area contributed by atoms with E-state index >= 15 is 0 Å². The van der Waals surface area contributed by atoms with E-state index in [0.717, 1.165) is 11.1 Å². The van der Waals surface area contributed by atoms with Gasteiger partial charge in [0.1, 0.15) is 11.5 Å². The molecule has 1 aromatic rings. The van der Waals surface area contributed by atoms with Crippen molar-refractivity contribution in [2.75, 3.05) is 5.43 Å². The Morgan fingerprint density at radius 3 is 2.36 bits per heavy atom. The summed E-state index contributed by atoms with van der Waals surface area (Å²) in [6.45, 7) is 12.1.